The number of carbonyl (C=O) groups is 1. The van der Waals surface area contributed by atoms with Crippen LogP contribution in [0.1, 0.15) is 18.3 Å². The first-order valence-electron chi connectivity index (χ1n) is 9.70. The number of ether oxygens (including phenoxy) is 1. The second-order valence-electron chi connectivity index (χ2n) is 6.90. The number of hydrogen-bond acceptors (Lipinski definition) is 6. The predicted octanol–water partition coefficient (Wildman–Crippen LogP) is 3.61. The molecule has 2 aromatic heterocycles. The molecule has 8 heteroatoms. The molecular formula is C23H21N5O3. The maximum absolute atomic E-state index is 12.3. The zero-order chi connectivity index (χ0) is 21.8. The lowest BCUT2D eigenvalue weighted by atomic mass is 10.1. The van der Waals surface area contributed by atoms with Gasteiger partial charge < -0.3 is 14.4 Å². The third-order valence-corrected chi connectivity index (χ3v) is 4.81. The molecule has 0 atom stereocenters. The number of phenols is 1. The first-order chi connectivity index (χ1) is 15.1. The Morgan fingerprint density at radius 2 is 2.10 bits per heavy atom. The van der Waals surface area contributed by atoms with E-state index in [0.29, 0.717) is 23.5 Å². The highest BCUT2D eigenvalue weighted by atomic mass is 16.5. The molecule has 0 aliphatic carbocycles. The van der Waals surface area contributed by atoms with E-state index in [2.05, 4.69) is 21.9 Å². The fraction of sp³-hybridized carbons (Fsp3) is 0.130. The van der Waals surface area contributed by atoms with Crippen molar-refractivity contribution in [2.75, 3.05) is 6.61 Å². The molecular weight excluding hydrogens is 394 g/mol. The van der Waals surface area contributed by atoms with Gasteiger partial charge in [-0.25, -0.2) is 14.5 Å². The topological polar surface area (TPSA) is 95.1 Å². The number of carbonyl (C=O) groups excluding carboxylic acids is 1. The molecule has 0 spiro atoms. The molecule has 156 valence electrons. The van der Waals surface area contributed by atoms with E-state index in [0.717, 1.165) is 16.6 Å². The Morgan fingerprint density at radius 1 is 1.26 bits per heavy atom. The molecule has 2 aromatic carbocycles. The summed E-state index contributed by atoms with van der Waals surface area (Å²) in [6.07, 6.45) is 7.13. The number of aromatic nitrogens is 5. The average molecular weight is 415 g/mol. The summed E-state index contributed by atoms with van der Waals surface area (Å²) in [6, 6.07) is 12.7. The summed E-state index contributed by atoms with van der Waals surface area (Å²) in [4.78, 5) is 16.5. The van der Waals surface area contributed by atoms with Gasteiger partial charge in [-0.15, -0.1) is 5.10 Å². The maximum atomic E-state index is 12.3. The van der Waals surface area contributed by atoms with E-state index in [1.807, 2.05) is 30.3 Å². The number of para-hydroxylation sites is 1. The van der Waals surface area contributed by atoms with Crippen LogP contribution >= 0.6 is 0 Å². The average Bonchev–Trinajstić information content (AvgIpc) is 3.41. The highest BCUT2D eigenvalue weighted by Crippen LogP contribution is 2.25. The minimum absolute atomic E-state index is 0.0906. The van der Waals surface area contributed by atoms with Crippen LogP contribution in [0.4, 0.5) is 0 Å². The van der Waals surface area contributed by atoms with E-state index in [1.165, 1.54) is 0 Å². The molecule has 0 saturated carbocycles. The van der Waals surface area contributed by atoms with Gasteiger partial charge in [-0.3, -0.25) is 0 Å². The van der Waals surface area contributed by atoms with Crippen LogP contribution in [0.5, 0.6) is 5.75 Å². The Hall–Kier alpha value is -4.20. The zero-order valence-corrected chi connectivity index (χ0v) is 17.0. The van der Waals surface area contributed by atoms with Gasteiger partial charge in [-0.05, 0) is 42.8 Å². The Balaban J connectivity index is 1.44. The van der Waals surface area contributed by atoms with Crippen LogP contribution in [-0.2, 0) is 16.0 Å². The lowest BCUT2D eigenvalue weighted by molar-refractivity contribution is -0.138. The van der Waals surface area contributed by atoms with E-state index in [4.69, 9.17) is 4.74 Å². The fourth-order valence-corrected chi connectivity index (χ4v) is 3.16. The maximum Gasteiger partial charge on any atom is 0.333 e. The monoisotopic (exact) mass is 415 g/mol. The molecule has 4 aromatic rings. The number of imidazole rings is 1. The number of hydrogen-bond donors (Lipinski definition) is 1. The van der Waals surface area contributed by atoms with E-state index in [1.54, 1.807) is 53.0 Å². The highest BCUT2D eigenvalue weighted by molar-refractivity contribution is 5.92. The second-order valence-corrected chi connectivity index (χ2v) is 6.90. The van der Waals surface area contributed by atoms with Crippen LogP contribution in [-0.4, -0.2) is 42.2 Å². The second kappa shape index (κ2) is 8.66. The van der Waals surface area contributed by atoms with Gasteiger partial charge in [-0.2, -0.15) is 0 Å². The minimum Gasteiger partial charge on any atom is -0.506 e. The normalized spacial score (nSPS) is 11.6. The standard InChI is InChI=1S/C23H21N5O3/c1-3-27-12-11-24-22(27)14-16(2)23(30)31-13-10-17-8-9-21(29)20(15-17)28-19-7-5-4-6-18(19)25-26-28/h3-9,11-12,14-15,29H,1,10,13H2,2H3. The molecule has 0 aliphatic rings. The van der Waals surface area contributed by atoms with Gasteiger partial charge in [0.1, 0.15) is 22.8 Å². The summed E-state index contributed by atoms with van der Waals surface area (Å²) in [5.74, 6) is 0.278. The van der Waals surface area contributed by atoms with Crippen molar-refractivity contribution in [3.8, 4) is 11.4 Å². The van der Waals surface area contributed by atoms with Crippen molar-refractivity contribution in [2.45, 2.75) is 13.3 Å². The van der Waals surface area contributed by atoms with Crippen molar-refractivity contribution in [3.63, 3.8) is 0 Å². The van der Waals surface area contributed by atoms with E-state index in [-0.39, 0.29) is 12.4 Å². The number of phenolic OH excluding ortho intramolecular Hbond substituents is 1. The number of rotatable bonds is 7. The van der Waals surface area contributed by atoms with Gasteiger partial charge in [0.05, 0.1) is 12.1 Å². The lowest BCUT2D eigenvalue weighted by Gasteiger charge is -2.09. The van der Waals surface area contributed by atoms with Gasteiger partial charge in [0, 0.05) is 30.6 Å². The van der Waals surface area contributed by atoms with Crippen LogP contribution in [0.25, 0.3) is 29.0 Å². The fourth-order valence-electron chi connectivity index (χ4n) is 3.16. The first kappa shape index (κ1) is 20.1. The van der Waals surface area contributed by atoms with Crippen LogP contribution in [0.3, 0.4) is 0 Å². The summed E-state index contributed by atoms with van der Waals surface area (Å²) in [5.41, 5.74) is 3.38. The van der Waals surface area contributed by atoms with Crippen molar-refractivity contribution in [3.05, 3.63) is 78.4 Å². The van der Waals surface area contributed by atoms with Gasteiger partial charge in [0.2, 0.25) is 0 Å². The molecule has 0 fully saturated rings. The van der Waals surface area contributed by atoms with Crippen molar-refractivity contribution < 1.29 is 14.6 Å². The summed E-state index contributed by atoms with van der Waals surface area (Å²) in [5, 5.41) is 18.6. The molecule has 1 N–H and O–H groups in total. The molecule has 4 rings (SSSR count). The van der Waals surface area contributed by atoms with Gasteiger partial charge in [-0.1, -0.05) is 30.0 Å². The van der Waals surface area contributed by atoms with Crippen LogP contribution in [0.15, 0.2) is 67.0 Å². The van der Waals surface area contributed by atoms with Crippen molar-refractivity contribution in [2.24, 2.45) is 0 Å². The lowest BCUT2D eigenvalue weighted by Crippen LogP contribution is -2.09. The molecule has 8 nitrogen and oxygen atoms in total. The van der Waals surface area contributed by atoms with E-state index < -0.39 is 5.97 Å². The Labute approximate surface area is 178 Å². The third kappa shape index (κ3) is 4.23. The van der Waals surface area contributed by atoms with Crippen LogP contribution in [0.2, 0.25) is 0 Å². The van der Waals surface area contributed by atoms with Gasteiger partial charge >= 0.3 is 5.97 Å². The largest absolute Gasteiger partial charge is 0.506 e. The summed E-state index contributed by atoms with van der Waals surface area (Å²) < 4.78 is 8.70. The van der Waals surface area contributed by atoms with Crippen molar-refractivity contribution >= 4 is 29.3 Å². The third-order valence-electron chi connectivity index (χ3n) is 4.81. The summed E-state index contributed by atoms with van der Waals surface area (Å²) >= 11 is 0. The molecule has 0 unspecified atom stereocenters. The quantitative estimate of drug-likeness (QED) is 0.366. The van der Waals surface area contributed by atoms with Gasteiger partial charge in [0.25, 0.3) is 0 Å². The Kier molecular flexibility index (Phi) is 5.61. The molecule has 0 saturated heterocycles. The number of benzene rings is 2. The Bertz CT molecular complexity index is 1290. The molecule has 0 bridgehead atoms. The van der Waals surface area contributed by atoms with Crippen LogP contribution in [0, 0.1) is 0 Å². The molecule has 31 heavy (non-hydrogen) atoms. The number of nitrogens with zero attached hydrogens (tertiary/aromatic N) is 5. The predicted molar refractivity (Wildman–Crippen MR) is 117 cm³/mol. The number of esters is 1. The number of fused-ring (bicyclic) bond motifs is 1. The number of aromatic hydroxyl groups is 1. The summed E-state index contributed by atoms with van der Waals surface area (Å²) in [6.45, 7) is 5.57. The van der Waals surface area contributed by atoms with E-state index >= 15 is 0 Å². The van der Waals surface area contributed by atoms with Crippen molar-refractivity contribution in [1.82, 2.24) is 24.5 Å². The Morgan fingerprint density at radius 3 is 2.94 bits per heavy atom. The SMILES string of the molecule is C=Cn1ccnc1C=C(C)C(=O)OCCc1ccc(O)c(-n2nnc3ccccc32)c1. The van der Waals surface area contributed by atoms with E-state index in [9.17, 15) is 9.90 Å². The smallest absolute Gasteiger partial charge is 0.333 e. The molecule has 0 radical (unpaired) electrons. The minimum atomic E-state index is -0.417. The molecule has 2 heterocycles. The summed E-state index contributed by atoms with van der Waals surface area (Å²) in [7, 11) is 0. The molecule has 0 amide bonds. The zero-order valence-electron chi connectivity index (χ0n) is 17.0. The molecule has 0 aliphatic heterocycles. The highest BCUT2D eigenvalue weighted by Gasteiger charge is 2.12. The van der Waals surface area contributed by atoms with Crippen molar-refractivity contribution in [1.29, 1.82) is 0 Å². The van der Waals surface area contributed by atoms with Gasteiger partial charge in [0.15, 0.2) is 0 Å². The first-order valence-corrected chi connectivity index (χ1v) is 9.70. The van der Waals surface area contributed by atoms with Crippen LogP contribution < -0.4 is 0 Å².